The van der Waals surface area contributed by atoms with Crippen molar-refractivity contribution in [2.45, 2.75) is 32.2 Å². The Bertz CT molecular complexity index is 169. The van der Waals surface area contributed by atoms with E-state index < -0.39 is 0 Å². The van der Waals surface area contributed by atoms with Crippen LogP contribution in [0.25, 0.3) is 0 Å². The molecule has 0 amide bonds. The van der Waals surface area contributed by atoms with Gasteiger partial charge >= 0.3 is 0 Å². The molecule has 1 rings (SSSR count). The zero-order valence-electron chi connectivity index (χ0n) is 8.84. The molecule has 0 unspecified atom stereocenters. The molecular formula is C11H22N2. The average molecular weight is 182 g/mol. The third-order valence-electron chi connectivity index (χ3n) is 3.26. The number of rotatable bonds is 5. The van der Waals surface area contributed by atoms with Gasteiger partial charge in [-0.3, -0.25) is 0 Å². The van der Waals surface area contributed by atoms with Crippen LogP contribution >= 0.6 is 0 Å². The number of nitrogens with one attached hydrogen (secondary N) is 1. The molecule has 0 saturated heterocycles. The molecule has 0 aromatic rings. The van der Waals surface area contributed by atoms with Crippen molar-refractivity contribution in [3.8, 4) is 0 Å². The van der Waals surface area contributed by atoms with E-state index >= 15 is 0 Å². The van der Waals surface area contributed by atoms with Gasteiger partial charge in [0.25, 0.3) is 0 Å². The average Bonchev–Trinajstić information content (AvgIpc) is 2.03. The SMILES string of the molecule is C=CCNC1(CN)CC(C(C)C)C1. The molecule has 0 aromatic heterocycles. The van der Waals surface area contributed by atoms with Crippen LogP contribution in [0.1, 0.15) is 26.7 Å². The molecule has 0 heterocycles. The zero-order valence-corrected chi connectivity index (χ0v) is 8.84. The highest BCUT2D eigenvalue weighted by Gasteiger charge is 2.43. The molecule has 2 nitrogen and oxygen atoms in total. The second-order valence-electron chi connectivity index (χ2n) is 4.57. The minimum atomic E-state index is 0.225. The Morgan fingerprint density at radius 3 is 2.62 bits per heavy atom. The van der Waals surface area contributed by atoms with Crippen LogP contribution < -0.4 is 11.1 Å². The summed E-state index contributed by atoms with van der Waals surface area (Å²) in [5.74, 6) is 1.66. The van der Waals surface area contributed by atoms with Crippen LogP contribution in [0.2, 0.25) is 0 Å². The molecule has 0 atom stereocenters. The smallest absolute Gasteiger partial charge is 0.0312 e. The van der Waals surface area contributed by atoms with Gasteiger partial charge in [-0.05, 0) is 24.7 Å². The van der Waals surface area contributed by atoms with E-state index in [0.717, 1.165) is 24.9 Å². The fraction of sp³-hybridized carbons (Fsp3) is 0.818. The molecule has 76 valence electrons. The second-order valence-corrected chi connectivity index (χ2v) is 4.57. The Hall–Kier alpha value is -0.340. The molecule has 0 spiro atoms. The fourth-order valence-corrected chi connectivity index (χ4v) is 2.09. The maximum atomic E-state index is 5.78. The van der Waals surface area contributed by atoms with Crippen LogP contribution in [0.3, 0.4) is 0 Å². The minimum Gasteiger partial charge on any atom is -0.329 e. The van der Waals surface area contributed by atoms with Crippen molar-refractivity contribution < 1.29 is 0 Å². The predicted octanol–water partition coefficient (Wildman–Crippen LogP) is 1.53. The standard InChI is InChI=1S/C11H22N2/c1-4-5-13-11(8-12)6-10(7-11)9(2)3/h4,9-10,13H,1,5-8,12H2,2-3H3. The molecule has 1 fully saturated rings. The topological polar surface area (TPSA) is 38.0 Å². The maximum absolute atomic E-state index is 5.78. The van der Waals surface area contributed by atoms with E-state index in [1.54, 1.807) is 0 Å². The van der Waals surface area contributed by atoms with Gasteiger partial charge in [0.05, 0.1) is 0 Å². The normalized spacial score (nSPS) is 33.1. The summed E-state index contributed by atoms with van der Waals surface area (Å²) in [6.45, 7) is 9.92. The Kier molecular flexibility index (Phi) is 3.51. The number of nitrogens with two attached hydrogens (primary N) is 1. The Balaban J connectivity index is 2.35. The molecule has 13 heavy (non-hydrogen) atoms. The molecule has 0 aliphatic heterocycles. The van der Waals surface area contributed by atoms with Crippen LogP contribution in [0.15, 0.2) is 12.7 Å². The predicted molar refractivity (Wildman–Crippen MR) is 57.5 cm³/mol. The van der Waals surface area contributed by atoms with Crippen LogP contribution in [0.4, 0.5) is 0 Å². The highest BCUT2D eigenvalue weighted by atomic mass is 15.0. The van der Waals surface area contributed by atoms with E-state index in [4.69, 9.17) is 5.73 Å². The molecule has 1 aliphatic rings. The van der Waals surface area contributed by atoms with Gasteiger partial charge < -0.3 is 11.1 Å². The highest BCUT2D eigenvalue weighted by molar-refractivity contribution is 5.03. The van der Waals surface area contributed by atoms with Crippen LogP contribution in [0.5, 0.6) is 0 Å². The first-order valence-electron chi connectivity index (χ1n) is 5.19. The summed E-state index contributed by atoms with van der Waals surface area (Å²) in [7, 11) is 0. The number of hydrogen-bond donors (Lipinski definition) is 2. The monoisotopic (exact) mass is 182 g/mol. The summed E-state index contributed by atoms with van der Waals surface area (Å²) in [4.78, 5) is 0. The first-order valence-corrected chi connectivity index (χ1v) is 5.19. The maximum Gasteiger partial charge on any atom is 0.0312 e. The molecule has 3 N–H and O–H groups in total. The summed E-state index contributed by atoms with van der Waals surface area (Å²) in [6.07, 6.45) is 4.37. The van der Waals surface area contributed by atoms with Crippen molar-refractivity contribution in [1.29, 1.82) is 0 Å². The van der Waals surface area contributed by atoms with E-state index in [1.807, 2.05) is 6.08 Å². The van der Waals surface area contributed by atoms with Crippen LogP contribution in [-0.4, -0.2) is 18.6 Å². The van der Waals surface area contributed by atoms with Crippen molar-refractivity contribution in [1.82, 2.24) is 5.32 Å². The third-order valence-corrected chi connectivity index (χ3v) is 3.26. The Morgan fingerprint density at radius 2 is 2.23 bits per heavy atom. The van der Waals surface area contributed by atoms with Gasteiger partial charge in [0.1, 0.15) is 0 Å². The van der Waals surface area contributed by atoms with Crippen molar-refractivity contribution in [2.24, 2.45) is 17.6 Å². The highest BCUT2D eigenvalue weighted by Crippen LogP contribution is 2.41. The molecule has 2 heteroatoms. The molecule has 0 aromatic carbocycles. The van der Waals surface area contributed by atoms with Crippen molar-refractivity contribution in [3.63, 3.8) is 0 Å². The lowest BCUT2D eigenvalue weighted by Crippen LogP contribution is -2.60. The van der Waals surface area contributed by atoms with Crippen molar-refractivity contribution in [3.05, 3.63) is 12.7 Å². The first-order chi connectivity index (χ1) is 6.13. The van der Waals surface area contributed by atoms with Gasteiger partial charge in [-0.15, -0.1) is 6.58 Å². The molecular weight excluding hydrogens is 160 g/mol. The van der Waals surface area contributed by atoms with Gasteiger partial charge in [-0.2, -0.15) is 0 Å². The van der Waals surface area contributed by atoms with Crippen LogP contribution in [-0.2, 0) is 0 Å². The molecule has 0 bridgehead atoms. The van der Waals surface area contributed by atoms with Crippen molar-refractivity contribution >= 4 is 0 Å². The van der Waals surface area contributed by atoms with Crippen LogP contribution in [0, 0.1) is 11.8 Å². The summed E-state index contributed by atoms with van der Waals surface area (Å²) in [6, 6.07) is 0. The minimum absolute atomic E-state index is 0.225. The van der Waals surface area contributed by atoms with Gasteiger partial charge in [-0.1, -0.05) is 19.9 Å². The fourth-order valence-electron chi connectivity index (χ4n) is 2.09. The summed E-state index contributed by atoms with van der Waals surface area (Å²) >= 11 is 0. The lowest BCUT2D eigenvalue weighted by atomic mass is 9.64. The first kappa shape index (κ1) is 10.7. The summed E-state index contributed by atoms with van der Waals surface area (Å²) < 4.78 is 0. The number of hydrogen-bond acceptors (Lipinski definition) is 2. The lowest BCUT2D eigenvalue weighted by Gasteiger charge is -2.49. The zero-order chi connectivity index (χ0) is 9.90. The molecule has 0 radical (unpaired) electrons. The molecule has 1 aliphatic carbocycles. The second kappa shape index (κ2) is 4.25. The lowest BCUT2D eigenvalue weighted by molar-refractivity contribution is 0.0804. The third kappa shape index (κ3) is 2.32. The quantitative estimate of drug-likeness (QED) is 0.633. The van der Waals surface area contributed by atoms with E-state index in [1.165, 1.54) is 12.8 Å². The largest absolute Gasteiger partial charge is 0.329 e. The van der Waals surface area contributed by atoms with Gasteiger partial charge in [0.2, 0.25) is 0 Å². The van der Waals surface area contributed by atoms with Gasteiger partial charge in [0, 0.05) is 18.6 Å². The Labute approximate surface area is 81.6 Å². The molecule has 1 saturated carbocycles. The van der Waals surface area contributed by atoms with E-state index in [-0.39, 0.29) is 5.54 Å². The van der Waals surface area contributed by atoms with Crippen molar-refractivity contribution in [2.75, 3.05) is 13.1 Å². The Morgan fingerprint density at radius 1 is 1.62 bits per heavy atom. The summed E-state index contributed by atoms with van der Waals surface area (Å²) in [5.41, 5.74) is 6.00. The van der Waals surface area contributed by atoms with E-state index in [9.17, 15) is 0 Å². The van der Waals surface area contributed by atoms with Gasteiger partial charge in [-0.25, -0.2) is 0 Å². The summed E-state index contributed by atoms with van der Waals surface area (Å²) in [5, 5.41) is 3.47. The van der Waals surface area contributed by atoms with Gasteiger partial charge in [0.15, 0.2) is 0 Å². The van der Waals surface area contributed by atoms with E-state index in [2.05, 4.69) is 25.7 Å². The van der Waals surface area contributed by atoms with E-state index in [0.29, 0.717) is 0 Å².